The molecule has 1 unspecified atom stereocenters. The molecule has 128 valence electrons. The summed E-state index contributed by atoms with van der Waals surface area (Å²) in [6.45, 7) is 11.8. The number of rotatable bonds is 6. The highest BCUT2D eigenvalue weighted by Crippen LogP contribution is 2.15. The lowest BCUT2D eigenvalue weighted by atomic mass is 10.2. The maximum atomic E-state index is 4.46. The van der Waals surface area contributed by atoms with Crippen molar-refractivity contribution in [2.45, 2.75) is 39.7 Å². The molecule has 1 aromatic heterocycles. The van der Waals surface area contributed by atoms with E-state index < -0.39 is 0 Å². The summed E-state index contributed by atoms with van der Waals surface area (Å²) in [5, 5.41) is 3.50. The molecule has 1 aromatic rings. The third-order valence-electron chi connectivity index (χ3n) is 4.67. The Morgan fingerprint density at radius 3 is 2.78 bits per heavy atom. The first kappa shape index (κ1) is 17.7. The summed E-state index contributed by atoms with van der Waals surface area (Å²) in [6, 6.07) is 4.88. The van der Waals surface area contributed by atoms with Gasteiger partial charge < -0.3 is 10.2 Å². The van der Waals surface area contributed by atoms with Crippen LogP contribution >= 0.6 is 0 Å². The molecule has 2 rings (SSSR count). The Morgan fingerprint density at radius 1 is 1.39 bits per heavy atom. The Hall–Kier alpha value is -1.62. The van der Waals surface area contributed by atoms with Gasteiger partial charge in [-0.2, -0.15) is 0 Å². The second kappa shape index (κ2) is 8.87. The van der Waals surface area contributed by atoms with Gasteiger partial charge in [-0.05, 0) is 44.5 Å². The molecule has 1 saturated heterocycles. The number of hydrogen-bond donors (Lipinski definition) is 1. The Kier molecular flexibility index (Phi) is 6.84. The van der Waals surface area contributed by atoms with E-state index in [0.29, 0.717) is 6.04 Å². The van der Waals surface area contributed by atoms with E-state index in [-0.39, 0.29) is 0 Å². The Balaban J connectivity index is 1.80. The van der Waals surface area contributed by atoms with E-state index in [9.17, 15) is 0 Å². The van der Waals surface area contributed by atoms with Crippen molar-refractivity contribution in [3.05, 3.63) is 29.6 Å². The Bertz CT molecular complexity index is 493. The first-order valence-electron chi connectivity index (χ1n) is 8.79. The van der Waals surface area contributed by atoms with Crippen molar-refractivity contribution < 1.29 is 0 Å². The number of aliphatic imine (C=N–C) groups is 1. The molecule has 1 fully saturated rings. The molecule has 5 heteroatoms. The lowest BCUT2D eigenvalue weighted by molar-refractivity contribution is 0.223. The fraction of sp³-hybridized carbons (Fsp3) is 0.667. The zero-order valence-corrected chi connectivity index (χ0v) is 15.0. The first-order chi connectivity index (χ1) is 11.2. The monoisotopic (exact) mass is 317 g/mol. The van der Waals surface area contributed by atoms with Crippen LogP contribution in [-0.4, -0.2) is 66.6 Å². The maximum absolute atomic E-state index is 4.46. The number of guanidine groups is 1. The first-order valence-corrected chi connectivity index (χ1v) is 8.79. The number of aryl methyl sites for hydroxylation is 1. The molecule has 0 aromatic carbocycles. The van der Waals surface area contributed by atoms with Crippen LogP contribution in [-0.2, 0) is 6.42 Å². The number of pyridine rings is 1. The van der Waals surface area contributed by atoms with Crippen LogP contribution in [0.2, 0.25) is 0 Å². The molecule has 1 aliphatic heterocycles. The summed E-state index contributed by atoms with van der Waals surface area (Å²) in [5.41, 5.74) is 2.33. The van der Waals surface area contributed by atoms with Crippen molar-refractivity contribution in [2.24, 2.45) is 4.99 Å². The van der Waals surface area contributed by atoms with Crippen molar-refractivity contribution in [3.63, 3.8) is 0 Å². The predicted molar refractivity (Wildman–Crippen MR) is 96.9 cm³/mol. The van der Waals surface area contributed by atoms with Gasteiger partial charge in [-0.25, -0.2) is 0 Å². The van der Waals surface area contributed by atoms with Crippen LogP contribution in [0.4, 0.5) is 0 Å². The van der Waals surface area contributed by atoms with Gasteiger partial charge in [0.25, 0.3) is 0 Å². The number of likely N-dealkylation sites (tertiary alicyclic amines) is 1. The van der Waals surface area contributed by atoms with E-state index in [1.807, 2.05) is 20.2 Å². The minimum atomic E-state index is 0.657. The average molecular weight is 317 g/mol. The van der Waals surface area contributed by atoms with Crippen LogP contribution < -0.4 is 5.32 Å². The molecular formula is C18H31N5. The van der Waals surface area contributed by atoms with Crippen molar-refractivity contribution in [1.82, 2.24) is 20.1 Å². The van der Waals surface area contributed by atoms with Crippen molar-refractivity contribution in [1.29, 1.82) is 0 Å². The van der Waals surface area contributed by atoms with Gasteiger partial charge in [0.1, 0.15) is 0 Å². The third kappa shape index (κ3) is 4.93. The van der Waals surface area contributed by atoms with Gasteiger partial charge in [0.15, 0.2) is 5.96 Å². The summed E-state index contributed by atoms with van der Waals surface area (Å²) < 4.78 is 0. The standard InChI is InChI=1S/C18H31N5/c1-5-22(6-2)17-10-12-23(14-17)18(19-4)20-11-9-16-8-7-15(3)21-13-16/h7-8,13,17H,5-6,9-12,14H2,1-4H3,(H,19,20). The number of nitrogens with one attached hydrogen (secondary N) is 1. The van der Waals surface area contributed by atoms with Gasteiger partial charge in [-0.15, -0.1) is 0 Å². The fourth-order valence-electron chi connectivity index (χ4n) is 3.27. The van der Waals surface area contributed by atoms with Crippen molar-refractivity contribution >= 4 is 5.96 Å². The summed E-state index contributed by atoms with van der Waals surface area (Å²) in [5.74, 6) is 1.03. The predicted octanol–water partition coefficient (Wildman–Crippen LogP) is 1.92. The van der Waals surface area contributed by atoms with Crippen LogP contribution in [0.3, 0.4) is 0 Å². The highest BCUT2D eigenvalue weighted by molar-refractivity contribution is 5.80. The van der Waals surface area contributed by atoms with Gasteiger partial charge in [0.2, 0.25) is 0 Å². The van der Waals surface area contributed by atoms with Crippen LogP contribution in [0.1, 0.15) is 31.5 Å². The molecule has 1 aliphatic rings. The van der Waals surface area contributed by atoms with Gasteiger partial charge in [0, 0.05) is 44.6 Å². The van der Waals surface area contributed by atoms with Crippen molar-refractivity contribution in [2.75, 3.05) is 39.8 Å². The minimum absolute atomic E-state index is 0.657. The van der Waals surface area contributed by atoms with Crippen molar-refractivity contribution in [3.8, 4) is 0 Å². The fourth-order valence-corrected chi connectivity index (χ4v) is 3.27. The van der Waals surface area contributed by atoms with Crippen LogP contribution in [0.25, 0.3) is 0 Å². The van der Waals surface area contributed by atoms with E-state index in [2.05, 4.69) is 51.1 Å². The quantitative estimate of drug-likeness (QED) is 0.643. The van der Waals surface area contributed by atoms with Gasteiger partial charge >= 0.3 is 0 Å². The Labute approximate surface area is 140 Å². The lowest BCUT2D eigenvalue weighted by Crippen LogP contribution is -2.43. The average Bonchev–Trinajstić information content (AvgIpc) is 3.04. The molecule has 0 saturated carbocycles. The number of aromatic nitrogens is 1. The molecule has 5 nitrogen and oxygen atoms in total. The molecule has 0 aliphatic carbocycles. The number of hydrogen-bond acceptors (Lipinski definition) is 3. The molecule has 0 spiro atoms. The minimum Gasteiger partial charge on any atom is -0.356 e. The number of likely N-dealkylation sites (N-methyl/N-ethyl adjacent to an activating group) is 1. The third-order valence-corrected chi connectivity index (χ3v) is 4.67. The molecule has 2 heterocycles. The van der Waals surface area contributed by atoms with E-state index in [1.165, 1.54) is 12.0 Å². The molecule has 0 radical (unpaired) electrons. The van der Waals surface area contributed by atoms with Gasteiger partial charge in [0.05, 0.1) is 0 Å². The summed E-state index contributed by atoms with van der Waals surface area (Å²) in [7, 11) is 1.88. The maximum Gasteiger partial charge on any atom is 0.193 e. The van der Waals surface area contributed by atoms with Crippen LogP contribution in [0.15, 0.2) is 23.3 Å². The van der Waals surface area contributed by atoms with Crippen LogP contribution in [0, 0.1) is 6.92 Å². The lowest BCUT2D eigenvalue weighted by Gasteiger charge is -2.27. The highest BCUT2D eigenvalue weighted by atomic mass is 15.3. The van der Waals surface area contributed by atoms with E-state index in [1.54, 1.807) is 0 Å². The largest absolute Gasteiger partial charge is 0.356 e. The van der Waals surface area contributed by atoms with E-state index in [4.69, 9.17) is 0 Å². The normalized spacial score (nSPS) is 18.7. The SMILES string of the molecule is CCN(CC)C1CCN(C(=NC)NCCc2ccc(C)nc2)C1. The summed E-state index contributed by atoms with van der Waals surface area (Å²) >= 11 is 0. The Morgan fingerprint density at radius 2 is 2.17 bits per heavy atom. The van der Waals surface area contributed by atoms with E-state index >= 15 is 0 Å². The topological polar surface area (TPSA) is 43.8 Å². The zero-order valence-electron chi connectivity index (χ0n) is 15.0. The molecule has 0 bridgehead atoms. The second-order valence-corrected chi connectivity index (χ2v) is 6.14. The summed E-state index contributed by atoms with van der Waals surface area (Å²) in [6.07, 6.45) is 4.16. The molecule has 23 heavy (non-hydrogen) atoms. The smallest absolute Gasteiger partial charge is 0.193 e. The van der Waals surface area contributed by atoms with Gasteiger partial charge in [-0.1, -0.05) is 19.9 Å². The molecule has 1 atom stereocenters. The van der Waals surface area contributed by atoms with Crippen LogP contribution in [0.5, 0.6) is 0 Å². The summed E-state index contributed by atoms with van der Waals surface area (Å²) in [4.78, 5) is 13.7. The molecule has 0 amide bonds. The molecule has 1 N–H and O–H groups in total. The second-order valence-electron chi connectivity index (χ2n) is 6.14. The number of nitrogens with zero attached hydrogens (tertiary/aromatic N) is 4. The highest BCUT2D eigenvalue weighted by Gasteiger charge is 2.27. The van der Waals surface area contributed by atoms with Gasteiger partial charge in [-0.3, -0.25) is 14.9 Å². The molecular weight excluding hydrogens is 286 g/mol. The van der Waals surface area contributed by atoms with E-state index in [0.717, 1.165) is 50.8 Å². The zero-order chi connectivity index (χ0) is 16.7.